The standard InChI is InChI=1S/C26H32FN5O4S2/c1-17-12-18(2)14-32(13-17)38(35,36)24-19(3)37-25-23(24)26(34)31(16-28-25)15-22(33)30-10-8-29(9-11-30)21-6-4-20(27)5-7-21/h4-7,16-18H,8-15H2,1-3H3/t17-,18-/m1/s1. The zero-order chi connectivity index (χ0) is 27.2. The maximum atomic E-state index is 13.7. The molecule has 38 heavy (non-hydrogen) atoms. The predicted octanol–water partition coefficient (Wildman–Crippen LogP) is 2.92. The van der Waals surface area contributed by atoms with E-state index in [0.29, 0.717) is 49.0 Å². The molecular formula is C26H32FN5O4S2. The minimum atomic E-state index is -3.90. The molecule has 0 unspecified atom stereocenters. The van der Waals surface area contributed by atoms with Gasteiger partial charge >= 0.3 is 0 Å². The highest BCUT2D eigenvalue weighted by molar-refractivity contribution is 7.89. The first kappa shape index (κ1) is 26.8. The van der Waals surface area contributed by atoms with Crippen molar-refractivity contribution in [3.63, 3.8) is 0 Å². The van der Waals surface area contributed by atoms with E-state index in [0.717, 1.165) is 12.1 Å². The topological polar surface area (TPSA) is 95.8 Å². The number of hydrogen-bond acceptors (Lipinski definition) is 7. The van der Waals surface area contributed by atoms with Gasteiger partial charge in [0.05, 0.1) is 11.7 Å². The molecule has 204 valence electrons. The third-order valence-corrected chi connectivity index (χ3v) is 10.5. The van der Waals surface area contributed by atoms with Gasteiger partial charge in [-0.2, -0.15) is 4.31 Å². The number of anilines is 1. The van der Waals surface area contributed by atoms with Crippen LogP contribution in [0.5, 0.6) is 0 Å². The number of thiophene rings is 1. The Kier molecular flexibility index (Phi) is 7.31. The van der Waals surface area contributed by atoms with Crippen LogP contribution in [0.2, 0.25) is 0 Å². The molecule has 1 aromatic carbocycles. The van der Waals surface area contributed by atoms with Crippen LogP contribution in [0.25, 0.3) is 10.2 Å². The molecule has 0 N–H and O–H groups in total. The summed E-state index contributed by atoms with van der Waals surface area (Å²) in [6.45, 7) is 8.49. The van der Waals surface area contributed by atoms with Crippen LogP contribution in [0.15, 0.2) is 40.3 Å². The SMILES string of the molecule is Cc1sc2ncn(CC(=O)N3CCN(c4ccc(F)cc4)CC3)c(=O)c2c1S(=O)(=O)N1C[C@H](C)C[C@@H](C)C1. The molecule has 0 radical (unpaired) electrons. The number of fused-ring (bicyclic) bond motifs is 1. The van der Waals surface area contributed by atoms with Crippen molar-refractivity contribution in [1.29, 1.82) is 0 Å². The fraction of sp³-hybridized carbons (Fsp3) is 0.500. The molecule has 0 saturated carbocycles. The van der Waals surface area contributed by atoms with E-state index in [9.17, 15) is 22.4 Å². The fourth-order valence-electron chi connectivity index (χ4n) is 5.58. The van der Waals surface area contributed by atoms with Gasteiger partial charge in [-0.1, -0.05) is 13.8 Å². The van der Waals surface area contributed by atoms with Gasteiger partial charge in [-0.25, -0.2) is 17.8 Å². The zero-order valence-corrected chi connectivity index (χ0v) is 23.4. The first-order chi connectivity index (χ1) is 18.0. The number of rotatable bonds is 5. The molecular weight excluding hydrogens is 529 g/mol. The number of amides is 1. The smallest absolute Gasteiger partial charge is 0.263 e. The monoisotopic (exact) mass is 561 g/mol. The minimum Gasteiger partial charge on any atom is -0.368 e. The molecule has 1 amide bonds. The lowest BCUT2D eigenvalue weighted by Crippen LogP contribution is -2.50. The highest BCUT2D eigenvalue weighted by Crippen LogP contribution is 2.35. The lowest BCUT2D eigenvalue weighted by Gasteiger charge is -2.36. The van der Waals surface area contributed by atoms with Crippen molar-refractivity contribution in [2.24, 2.45) is 11.8 Å². The molecule has 2 atom stereocenters. The van der Waals surface area contributed by atoms with Gasteiger partial charge in [-0.3, -0.25) is 14.2 Å². The number of nitrogens with zero attached hydrogens (tertiary/aromatic N) is 5. The Bertz CT molecular complexity index is 1500. The summed E-state index contributed by atoms with van der Waals surface area (Å²) < 4.78 is 43.4. The van der Waals surface area contributed by atoms with Gasteiger partial charge in [0.1, 0.15) is 22.1 Å². The molecule has 2 aliphatic rings. The number of piperazine rings is 1. The van der Waals surface area contributed by atoms with Crippen molar-refractivity contribution < 1.29 is 17.6 Å². The normalized spacial score (nSPS) is 21.3. The third kappa shape index (κ3) is 5.08. The van der Waals surface area contributed by atoms with Gasteiger partial charge in [0.25, 0.3) is 5.56 Å². The van der Waals surface area contributed by atoms with Crippen LogP contribution < -0.4 is 10.5 Å². The van der Waals surface area contributed by atoms with Crippen LogP contribution in [0, 0.1) is 24.6 Å². The van der Waals surface area contributed by atoms with E-state index in [2.05, 4.69) is 9.88 Å². The number of carbonyl (C=O) groups is 1. The second-order valence-electron chi connectivity index (χ2n) is 10.5. The van der Waals surface area contributed by atoms with Gasteiger partial charge in [-0.05, 0) is 49.4 Å². The predicted molar refractivity (Wildman–Crippen MR) is 146 cm³/mol. The van der Waals surface area contributed by atoms with Crippen LogP contribution in [0.3, 0.4) is 0 Å². The van der Waals surface area contributed by atoms with Crippen molar-refractivity contribution >= 4 is 43.2 Å². The van der Waals surface area contributed by atoms with Gasteiger partial charge in [0, 0.05) is 49.8 Å². The van der Waals surface area contributed by atoms with E-state index in [1.54, 1.807) is 24.0 Å². The van der Waals surface area contributed by atoms with Crippen molar-refractivity contribution in [2.75, 3.05) is 44.2 Å². The lowest BCUT2D eigenvalue weighted by atomic mass is 9.94. The Morgan fingerprint density at radius 3 is 2.34 bits per heavy atom. The summed E-state index contributed by atoms with van der Waals surface area (Å²) in [6.07, 6.45) is 2.29. The zero-order valence-electron chi connectivity index (χ0n) is 21.8. The van der Waals surface area contributed by atoms with Gasteiger partial charge in [-0.15, -0.1) is 11.3 Å². The van der Waals surface area contributed by atoms with Crippen molar-refractivity contribution in [2.45, 2.75) is 38.6 Å². The summed E-state index contributed by atoms with van der Waals surface area (Å²) in [5.41, 5.74) is 0.373. The molecule has 2 fully saturated rings. The summed E-state index contributed by atoms with van der Waals surface area (Å²) in [7, 11) is -3.90. The molecule has 2 aliphatic heterocycles. The van der Waals surface area contributed by atoms with Crippen LogP contribution in [-0.4, -0.2) is 72.3 Å². The number of sulfonamides is 1. The molecule has 0 aliphatic carbocycles. The first-order valence-electron chi connectivity index (χ1n) is 12.8. The Labute approximate surface area is 225 Å². The number of carbonyl (C=O) groups excluding carboxylic acids is 1. The summed E-state index contributed by atoms with van der Waals surface area (Å²) in [5.74, 6) is -0.0678. The number of piperidine rings is 1. The third-order valence-electron chi connectivity index (χ3n) is 7.36. The lowest BCUT2D eigenvalue weighted by molar-refractivity contribution is -0.132. The number of hydrogen-bond donors (Lipinski definition) is 0. The van der Waals surface area contributed by atoms with Crippen molar-refractivity contribution in [1.82, 2.24) is 18.8 Å². The van der Waals surface area contributed by atoms with E-state index in [-0.39, 0.29) is 40.4 Å². The molecule has 2 saturated heterocycles. The van der Waals surface area contributed by atoms with Crippen LogP contribution in [-0.2, 0) is 21.4 Å². The van der Waals surface area contributed by atoms with E-state index < -0.39 is 15.6 Å². The first-order valence-corrected chi connectivity index (χ1v) is 15.1. The van der Waals surface area contributed by atoms with Gasteiger partial charge < -0.3 is 9.80 Å². The molecule has 0 bridgehead atoms. The summed E-state index contributed by atoms with van der Waals surface area (Å²) in [6, 6.07) is 6.25. The van der Waals surface area contributed by atoms with E-state index in [1.165, 1.54) is 38.7 Å². The largest absolute Gasteiger partial charge is 0.368 e. The average Bonchev–Trinajstić information content (AvgIpc) is 3.23. The van der Waals surface area contributed by atoms with Crippen LogP contribution in [0.4, 0.5) is 10.1 Å². The Hall–Kier alpha value is -2.83. The number of aryl methyl sites for hydroxylation is 1. The van der Waals surface area contributed by atoms with Crippen molar-refractivity contribution in [3.8, 4) is 0 Å². The molecule has 4 heterocycles. The molecule has 3 aromatic rings. The maximum Gasteiger partial charge on any atom is 0.263 e. The molecule has 9 nitrogen and oxygen atoms in total. The average molecular weight is 562 g/mol. The Morgan fingerprint density at radius 2 is 1.71 bits per heavy atom. The highest BCUT2D eigenvalue weighted by atomic mass is 32.2. The number of benzene rings is 1. The van der Waals surface area contributed by atoms with E-state index >= 15 is 0 Å². The van der Waals surface area contributed by atoms with Crippen molar-refractivity contribution in [3.05, 3.63) is 51.6 Å². The van der Waals surface area contributed by atoms with E-state index in [1.807, 2.05) is 13.8 Å². The molecule has 2 aromatic heterocycles. The Balaban J connectivity index is 1.36. The molecule has 12 heteroatoms. The van der Waals surface area contributed by atoms with Gasteiger partial charge in [0.2, 0.25) is 15.9 Å². The van der Waals surface area contributed by atoms with Crippen LogP contribution in [0.1, 0.15) is 25.1 Å². The van der Waals surface area contributed by atoms with Gasteiger partial charge in [0.15, 0.2) is 0 Å². The Morgan fingerprint density at radius 1 is 1.08 bits per heavy atom. The second-order valence-corrected chi connectivity index (χ2v) is 13.5. The maximum absolute atomic E-state index is 13.7. The van der Waals surface area contributed by atoms with E-state index in [4.69, 9.17) is 0 Å². The molecule has 0 spiro atoms. The highest BCUT2D eigenvalue weighted by Gasteiger charge is 2.36. The number of halogens is 1. The quantitative estimate of drug-likeness (QED) is 0.476. The number of aromatic nitrogens is 2. The summed E-state index contributed by atoms with van der Waals surface area (Å²) >= 11 is 1.19. The fourth-order valence-corrected chi connectivity index (χ4v) is 8.93. The van der Waals surface area contributed by atoms with Crippen LogP contribution >= 0.6 is 11.3 Å². The molecule has 5 rings (SSSR count). The summed E-state index contributed by atoms with van der Waals surface area (Å²) in [4.78, 5) is 35.7. The summed E-state index contributed by atoms with van der Waals surface area (Å²) in [5, 5.41) is 0.0646. The second kappa shape index (κ2) is 10.4. The minimum absolute atomic E-state index is 0.0195.